The van der Waals surface area contributed by atoms with Crippen molar-refractivity contribution in [3.05, 3.63) is 18.3 Å². The highest BCUT2D eigenvalue weighted by Gasteiger charge is 2.30. The molecule has 0 atom stereocenters. The molecule has 0 unspecified atom stereocenters. The van der Waals surface area contributed by atoms with Crippen molar-refractivity contribution in [2.45, 2.75) is 4.90 Å². The zero-order chi connectivity index (χ0) is 12.9. The van der Waals surface area contributed by atoms with Gasteiger partial charge in [0, 0.05) is 17.8 Å². The summed E-state index contributed by atoms with van der Waals surface area (Å²) < 4.78 is 23.8. The fraction of sp³-hybridized carbons (Fsp3) is 0.0909. The lowest BCUT2D eigenvalue weighted by Crippen LogP contribution is -2.12. The Bertz CT molecular complexity index is 796. The number of hydrogen-bond donors (Lipinski definition) is 2. The molecular weight excluding hydrogens is 256 g/mol. The number of aromatic hydroxyl groups is 2. The summed E-state index contributed by atoms with van der Waals surface area (Å²) in [7, 11) is -3.67. The molecule has 0 aliphatic carbocycles. The molecule has 0 saturated carbocycles. The number of sulfone groups is 1. The van der Waals surface area contributed by atoms with Crippen LogP contribution in [0.2, 0.25) is 0 Å². The molecule has 92 valence electrons. The Kier molecular flexibility index (Phi) is 2.09. The van der Waals surface area contributed by atoms with Crippen LogP contribution in [0.1, 0.15) is 0 Å². The lowest BCUT2D eigenvalue weighted by molar-refractivity contribution is 0.455. The van der Waals surface area contributed by atoms with E-state index in [9.17, 15) is 18.6 Å². The van der Waals surface area contributed by atoms with Crippen molar-refractivity contribution in [3.63, 3.8) is 0 Å². The van der Waals surface area contributed by atoms with E-state index in [1.54, 1.807) is 6.07 Å². The smallest absolute Gasteiger partial charge is 0.189 e. The second kappa shape index (κ2) is 3.42. The van der Waals surface area contributed by atoms with Gasteiger partial charge >= 0.3 is 0 Å². The standard InChI is InChI=1S/C11H8N2O4S/c14-9-6-2-1-3-12-7(6)10(15)8-11(9)18(16,17)5-4-13-8/h1-4,14-15H,5H2. The first kappa shape index (κ1) is 11.0. The van der Waals surface area contributed by atoms with Crippen LogP contribution in [0.3, 0.4) is 0 Å². The van der Waals surface area contributed by atoms with Gasteiger partial charge in [-0.25, -0.2) is 8.42 Å². The van der Waals surface area contributed by atoms with Crippen molar-refractivity contribution < 1.29 is 18.6 Å². The second-order valence-electron chi connectivity index (χ2n) is 3.87. The van der Waals surface area contributed by atoms with Crippen LogP contribution < -0.4 is 0 Å². The number of fused-ring (bicyclic) bond motifs is 2. The molecule has 2 heterocycles. The summed E-state index contributed by atoms with van der Waals surface area (Å²) in [6.07, 6.45) is 2.63. The highest BCUT2D eigenvalue weighted by Crippen LogP contribution is 2.47. The highest BCUT2D eigenvalue weighted by molar-refractivity contribution is 7.92. The number of hydrogen-bond acceptors (Lipinski definition) is 6. The number of aromatic nitrogens is 1. The van der Waals surface area contributed by atoms with Crippen molar-refractivity contribution in [2.75, 3.05) is 5.75 Å². The van der Waals surface area contributed by atoms with Gasteiger partial charge in [0.05, 0.1) is 5.75 Å². The molecule has 0 spiro atoms. The molecule has 7 heteroatoms. The van der Waals surface area contributed by atoms with Gasteiger partial charge in [0.15, 0.2) is 15.6 Å². The molecule has 0 fully saturated rings. The third kappa shape index (κ3) is 1.31. The van der Waals surface area contributed by atoms with Crippen LogP contribution in [-0.2, 0) is 9.84 Å². The quantitative estimate of drug-likeness (QED) is 0.695. The normalized spacial score (nSPS) is 16.7. The Hall–Kier alpha value is -2.15. The Morgan fingerprint density at radius 3 is 2.78 bits per heavy atom. The highest BCUT2D eigenvalue weighted by atomic mass is 32.2. The van der Waals surface area contributed by atoms with E-state index in [4.69, 9.17) is 0 Å². The summed E-state index contributed by atoms with van der Waals surface area (Å²) in [6, 6.07) is 3.04. The molecule has 6 nitrogen and oxygen atoms in total. The number of phenolic OH excluding ortho intramolecular Hbond substituents is 2. The molecule has 0 amide bonds. The number of aliphatic imine (C=N–C) groups is 1. The first-order valence-corrected chi connectivity index (χ1v) is 6.75. The van der Waals surface area contributed by atoms with E-state index in [2.05, 4.69) is 9.98 Å². The predicted molar refractivity (Wildman–Crippen MR) is 65.3 cm³/mol. The minimum atomic E-state index is -3.67. The second-order valence-corrected chi connectivity index (χ2v) is 5.84. The zero-order valence-corrected chi connectivity index (χ0v) is 9.85. The van der Waals surface area contributed by atoms with Gasteiger partial charge in [-0.2, -0.15) is 0 Å². The predicted octanol–water partition coefficient (Wildman–Crippen LogP) is 1.14. The first-order chi connectivity index (χ1) is 8.52. The van der Waals surface area contributed by atoms with Crippen LogP contribution >= 0.6 is 0 Å². The third-order valence-electron chi connectivity index (χ3n) is 2.77. The van der Waals surface area contributed by atoms with Crippen molar-refractivity contribution in [1.82, 2.24) is 4.98 Å². The minimum absolute atomic E-state index is 0.128. The molecule has 18 heavy (non-hydrogen) atoms. The molecule has 2 aromatic rings. The lowest BCUT2D eigenvalue weighted by atomic mass is 10.1. The Morgan fingerprint density at radius 2 is 2.00 bits per heavy atom. The molecule has 1 aliphatic heterocycles. The maximum atomic E-state index is 11.9. The van der Waals surface area contributed by atoms with Gasteiger partial charge in [0.2, 0.25) is 0 Å². The van der Waals surface area contributed by atoms with Gasteiger partial charge in [-0.1, -0.05) is 0 Å². The van der Waals surface area contributed by atoms with E-state index >= 15 is 0 Å². The molecule has 2 N–H and O–H groups in total. The zero-order valence-electron chi connectivity index (χ0n) is 9.03. The van der Waals surface area contributed by atoms with Gasteiger partial charge in [-0.15, -0.1) is 0 Å². The van der Waals surface area contributed by atoms with E-state index in [-0.39, 0.29) is 33.0 Å². The summed E-state index contributed by atoms with van der Waals surface area (Å²) >= 11 is 0. The van der Waals surface area contributed by atoms with Crippen molar-refractivity contribution in [3.8, 4) is 11.5 Å². The van der Waals surface area contributed by atoms with Crippen LogP contribution in [0.4, 0.5) is 5.69 Å². The number of phenols is 2. The Morgan fingerprint density at radius 1 is 1.22 bits per heavy atom. The minimum Gasteiger partial charge on any atom is -0.506 e. The molecule has 0 radical (unpaired) electrons. The Balaban J connectivity index is 2.60. The summed E-state index contributed by atoms with van der Waals surface area (Å²) in [5, 5.41) is 20.2. The topological polar surface area (TPSA) is 99.9 Å². The third-order valence-corrected chi connectivity index (χ3v) is 4.36. The molecule has 0 bridgehead atoms. The summed E-state index contributed by atoms with van der Waals surface area (Å²) in [5.74, 6) is -1.04. The van der Waals surface area contributed by atoms with Crippen LogP contribution in [0.15, 0.2) is 28.2 Å². The largest absolute Gasteiger partial charge is 0.506 e. The number of nitrogens with zero attached hydrogens (tertiary/aromatic N) is 2. The molecule has 1 aromatic heterocycles. The maximum absolute atomic E-state index is 11.9. The van der Waals surface area contributed by atoms with E-state index < -0.39 is 15.6 Å². The van der Waals surface area contributed by atoms with Crippen LogP contribution in [-0.4, -0.2) is 35.6 Å². The fourth-order valence-corrected chi connectivity index (χ4v) is 3.25. The maximum Gasteiger partial charge on any atom is 0.189 e. The molecular formula is C11H8N2O4S. The fourth-order valence-electron chi connectivity index (χ4n) is 1.96. The molecule has 3 rings (SSSR count). The average Bonchev–Trinajstić information content (AvgIpc) is 2.35. The summed E-state index contributed by atoms with van der Waals surface area (Å²) in [5.41, 5.74) is -0.0204. The molecule has 0 saturated heterocycles. The monoisotopic (exact) mass is 264 g/mol. The van der Waals surface area contributed by atoms with E-state index in [0.717, 1.165) is 0 Å². The van der Waals surface area contributed by atoms with Crippen LogP contribution in [0, 0.1) is 0 Å². The number of pyridine rings is 1. The number of benzene rings is 1. The van der Waals surface area contributed by atoms with Crippen molar-refractivity contribution in [1.29, 1.82) is 0 Å². The lowest BCUT2D eigenvalue weighted by Gasteiger charge is -2.15. The van der Waals surface area contributed by atoms with Gasteiger partial charge in [-0.05, 0) is 12.1 Å². The molecule has 1 aliphatic rings. The van der Waals surface area contributed by atoms with Gasteiger partial charge in [0.1, 0.15) is 21.8 Å². The van der Waals surface area contributed by atoms with Crippen molar-refractivity contribution >= 4 is 32.6 Å². The number of rotatable bonds is 0. The van der Waals surface area contributed by atoms with E-state index in [1.165, 1.54) is 18.5 Å². The van der Waals surface area contributed by atoms with Crippen molar-refractivity contribution in [2.24, 2.45) is 4.99 Å². The van der Waals surface area contributed by atoms with Crippen LogP contribution in [0.5, 0.6) is 11.5 Å². The SMILES string of the molecule is O=S1(=O)CC=Nc2c1c(O)c1cccnc1c2O. The van der Waals surface area contributed by atoms with Gasteiger partial charge in [0.25, 0.3) is 0 Å². The molecule has 1 aromatic carbocycles. The van der Waals surface area contributed by atoms with Gasteiger partial charge < -0.3 is 10.2 Å². The average molecular weight is 264 g/mol. The van der Waals surface area contributed by atoms with E-state index in [1.807, 2.05) is 0 Å². The van der Waals surface area contributed by atoms with E-state index in [0.29, 0.717) is 0 Å². The summed E-state index contributed by atoms with van der Waals surface area (Å²) in [6.45, 7) is 0. The first-order valence-electron chi connectivity index (χ1n) is 5.10. The summed E-state index contributed by atoms with van der Waals surface area (Å²) in [4.78, 5) is 7.43. The van der Waals surface area contributed by atoms with Crippen LogP contribution in [0.25, 0.3) is 10.9 Å². The van der Waals surface area contributed by atoms with Gasteiger partial charge in [-0.3, -0.25) is 9.98 Å². The Labute approximate surface area is 102 Å².